The molecule has 0 atom stereocenters. The van der Waals surface area contributed by atoms with E-state index in [1.165, 1.54) is 0 Å². The number of rotatable bonds is 1. The molecule has 0 spiro atoms. The molecule has 0 aromatic heterocycles. The van der Waals surface area contributed by atoms with E-state index < -0.39 is 47.1 Å². The van der Waals surface area contributed by atoms with Crippen molar-refractivity contribution in [2.75, 3.05) is 0 Å². The first kappa shape index (κ1) is 9.84. The van der Waals surface area contributed by atoms with E-state index in [-0.39, 0.29) is 11.1 Å². The van der Waals surface area contributed by atoms with E-state index in [1.54, 1.807) is 41.5 Å². The zero-order chi connectivity index (χ0) is 19.5. The predicted molar refractivity (Wildman–Crippen MR) is 73.3 cm³/mol. The molecule has 0 amide bonds. The average Bonchev–Trinajstić information content (AvgIpc) is 2.28. The molecule has 0 saturated heterocycles. The molecular weight excluding hydrogens is 249 g/mol. The second kappa shape index (κ2) is 4.84. The van der Waals surface area contributed by atoms with Crippen molar-refractivity contribution in [2.24, 2.45) is 5.41 Å². The molecule has 1 rings (SSSR count). The average molecular weight is 277 g/mol. The van der Waals surface area contributed by atoms with Crippen LogP contribution in [0.4, 0.5) is 13.2 Å². The van der Waals surface area contributed by atoms with Crippen LogP contribution in [0.15, 0.2) is 18.1 Å². The van der Waals surface area contributed by atoms with Gasteiger partial charge < -0.3 is 0 Å². The molecule has 19 heavy (non-hydrogen) atoms. The van der Waals surface area contributed by atoms with Crippen LogP contribution in [0, 0.1) is 5.41 Å². The second-order valence-electron chi connectivity index (χ2n) is 6.62. The zero-order valence-electron chi connectivity index (χ0n) is 17.1. The summed E-state index contributed by atoms with van der Waals surface area (Å²) in [5.74, 6) is 0. The molecule has 3 heteroatoms. The van der Waals surface area contributed by atoms with Crippen molar-refractivity contribution in [2.45, 2.75) is 59.5 Å². The van der Waals surface area contributed by atoms with Crippen molar-refractivity contribution in [3.63, 3.8) is 0 Å². The maximum atomic E-state index is 13.3. The van der Waals surface area contributed by atoms with Crippen LogP contribution in [-0.4, -0.2) is 0 Å². The smallest absolute Gasteiger partial charge is 0.166 e. The maximum absolute atomic E-state index is 13.3. The predicted octanol–water partition coefficient (Wildman–Crippen LogP) is 5.59. The molecule has 0 bridgehead atoms. The summed E-state index contributed by atoms with van der Waals surface area (Å²) in [7, 11) is 0. The normalized spacial score (nSPS) is 18.3. The summed E-state index contributed by atoms with van der Waals surface area (Å²) in [6.07, 6.45) is -7.13. The SMILES string of the molecule is [2H]c1c([2H])c(C([2H])([2H])C(C)(C)C)c(C(C)(C)C)c([2H])c1C(F)(F)F. The molecule has 0 aliphatic rings. The second-order valence-corrected chi connectivity index (χ2v) is 6.62. The largest absolute Gasteiger partial charge is 0.416 e. The Balaban J connectivity index is 4.14. The quantitative estimate of drug-likeness (QED) is 0.627. The van der Waals surface area contributed by atoms with Gasteiger partial charge in [0.25, 0.3) is 0 Å². The lowest BCUT2D eigenvalue weighted by Gasteiger charge is -2.28. The Hall–Kier alpha value is -0.990. The molecule has 0 radical (unpaired) electrons. The Bertz CT molecular complexity index is 650. The van der Waals surface area contributed by atoms with E-state index in [4.69, 9.17) is 6.85 Å². The van der Waals surface area contributed by atoms with Gasteiger partial charge in [0.2, 0.25) is 0 Å². The third-order valence-electron chi connectivity index (χ3n) is 2.35. The fourth-order valence-corrected chi connectivity index (χ4v) is 1.58. The van der Waals surface area contributed by atoms with E-state index >= 15 is 0 Å². The molecule has 0 aliphatic carbocycles. The Labute approximate surface area is 121 Å². The van der Waals surface area contributed by atoms with Crippen LogP contribution < -0.4 is 0 Å². The molecular formula is C16H23F3. The van der Waals surface area contributed by atoms with Crippen LogP contribution in [0.5, 0.6) is 0 Å². The molecule has 0 saturated carbocycles. The third kappa shape index (κ3) is 4.55. The number of hydrogen-bond acceptors (Lipinski definition) is 0. The van der Waals surface area contributed by atoms with Crippen molar-refractivity contribution in [3.05, 3.63) is 34.8 Å². The minimum absolute atomic E-state index is 0.171. The number of hydrogen-bond donors (Lipinski definition) is 0. The van der Waals surface area contributed by atoms with Gasteiger partial charge in [0.1, 0.15) is 0 Å². The minimum Gasteiger partial charge on any atom is -0.166 e. The van der Waals surface area contributed by atoms with E-state index in [0.717, 1.165) is 0 Å². The third-order valence-corrected chi connectivity index (χ3v) is 2.35. The van der Waals surface area contributed by atoms with Crippen molar-refractivity contribution < 1.29 is 20.0 Å². The van der Waals surface area contributed by atoms with Crippen LogP contribution in [0.1, 0.15) is 65.1 Å². The number of benzene rings is 1. The van der Waals surface area contributed by atoms with E-state index in [0.29, 0.717) is 0 Å². The summed E-state index contributed by atoms with van der Waals surface area (Å²) in [4.78, 5) is 0. The Morgan fingerprint density at radius 3 is 1.95 bits per heavy atom. The summed E-state index contributed by atoms with van der Waals surface area (Å²) >= 11 is 0. The molecule has 0 fully saturated rings. The Kier molecular flexibility index (Phi) is 2.51. The van der Waals surface area contributed by atoms with Crippen LogP contribution in [0.25, 0.3) is 0 Å². The lowest BCUT2D eigenvalue weighted by Crippen LogP contribution is -2.20. The molecule has 1 aromatic rings. The summed E-state index contributed by atoms with van der Waals surface area (Å²) in [6.45, 7) is 9.45. The van der Waals surface area contributed by atoms with Crippen LogP contribution in [0.2, 0.25) is 0 Å². The fourth-order valence-electron chi connectivity index (χ4n) is 1.58. The van der Waals surface area contributed by atoms with Crippen molar-refractivity contribution in [1.29, 1.82) is 0 Å². The zero-order valence-corrected chi connectivity index (χ0v) is 12.1. The number of halogens is 3. The lowest BCUT2D eigenvalue weighted by molar-refractivity contribution is -0.137. The van der Waals surface area contributed by atoms with Gasteiger partial charge >= 0.3 is 6.18 Å². The molecule has 1 aromatic carbocycles. The Morgan fingerprint density at radius 2 is 1.58 bits per heavy atom. The minimum atomic E-state index is -4.95. The van der Waals surface area contributed by atoms with Gasteiger partial charge in [-0.3, -0.25) is 0 Å². The molecule has 0 unspecified atom stereocenters. The van der Waals surface area contributed by atoms with Gasteiger partial charge in [-0.1, -0.05) is 47.6 Å². The topological polar surface area (TPSA) is 0 Å². The lowest BCUT2D eigenvalue weighted by atomic mass is 9.78. The van der Waals surface area contributed by atoms with Gasteiger partial charge in [0.05, 0.1) is 9.68 Å². The van der Waals surface area contributed by atoms with E-state index in [1.807, 2.05) is 0 Å². The summed E-state index contributed by atoms with van der Waals surface area (Å²) in [5, 5.41) is 0. The highest BCUT2D eigenvalue weighted by atomic mass is 19.4. The first-order chi connectivity index (χ1) is 10.3. The van der Waals surface area contributed by atoms with Gasteiger partial charge in [0, 0.05) is 2.74 Å². The highest BCUT2D eigenvalue weighted by Crippen LogP contribution is 2.36. The van der Waals surface area contributed by atoms with Crippen LogP contribution >= 0.6 is 0 Å². The Morgan fingerprint density at radius 1 is 1.05 bits per heavy atom. The van der Waals surface area contributed by atoms with Crippen molar-refractivity contribution in [1.82, 2.24) is 0 Å². The van der Waals surface area contributed by atoms with E-state index in [9.17, 15) is 13.2 Å². The summed E-state index contributed by atoms with van der Waals surface area (Å²) in [6, 6.07) is -2.87. The first-order valence-corrected chi connectivity index (χ1v) is 6.07. The molecule has 0 aliphatic heterocycles. The van der Waals surface area contributed by atoms with Crippen molar-refractivity contribution in [3.8, 4) is 0 Å². The highest BCUT2D eigenvalue weighted by molar-refractivity contribution is 5.38. The molecule has 108 valence electrons. The van der Waals surface area contributed by atoms with Crippen LogP contribution in [0.3, 0.4) is 0 Å². The van der Waals surface area contributed by atoms with Gasteiger partial charge in [-0.05, 0) is 40.4 Å². The van der Waals surface area contributed by atoms with Crippen molar-refractivity contribution >= 4 is 0 Å². The van der Waals surface area contributed by atoms with Gasteiger partial charge in [-0.2, -0.15) is 13.2 Å². The number of alkyl halides is 3. The maximum Gasteiger partial charge on any atom is 0.416 e. The van der Waals surface area contributed by atoms with Gasteiger partial charge in [-0.25, -0.2) is 0 Å². The summed E-state index contributed by atoms with van der Waals surface area (Å²) in [5.41, 5.74) is -3.97. The molecule has 0 nitrogen and oxygen atoms in total. The molecule has 0 heterocycles. The first-order valence-electron chi connectivity index (χ1n) is 8.57. The van der Waals surface area contributed by atoms with Gasteiger partial charge in [0.15, 0.2) is 0 Å². The monoisotopic (exact) mass is 277 g/mol. The summed E-state index contributed by atoms with van der Waals surface area (Å²) < 4.78 is 80.5. The van der Waals surface area contributed by atoms with E-state index in [2.05, 4.69) is 0 Å². The molecule has 0 N–H and O–H groups in total. The van der Waals surface area contributed by atoms with Gasteiger partial charge in [-0.15, -0.1) is 0 Å². The standard InChI is InChI=1S/C16H23F3/c1-14(2,3)10-11-7-8-12(16(17,18)19)9-13(11)15(4,5)6/h7-9H,10H2,1-6H3/i7D,8D,9D,10D2. The highest BCUT2D eigenvalue weighted by Gasteiger charge is 2.32. The fraction of sp³-hybridized carbons (Fsp3) is 0.625. The van der Waals surface area contributed by atoms with Crippen LogP contribution in [-0.2, 0) is 18.0 Å².